The van der Waals surface area contributed by atoms with E-state index in [1.807, 2.05) is 0 Å². The van der Waals surface area contributed by atoms with Crippen molar-refractivity contribution in [2.45, 2.75) is 25.2 Å². The van der Waals surface area contributed by atoms with E-state index in [-0.39, 0.29) is 0 Å². The summed E-state index contributed by atoms with van der Waals surface area (Å²) in [5, 5.41) is 0. The number of hydrogen-bond acceptors (Lipinski definition) is 1. The highest BCUT2D eigenvalue weighted by Gasteiger charge is 2.35. The maximum Gasteiger partial charge on any atom is 0.122 e. The third-order valence-electron chi connectivity index (χ3n) is 3.93. The Morgan fingerprint density at radius 2 is 2.13 bits per heavy atom. The summed E-state index contributed by atoms with van der Waals surface area (Å²) < 4.78 is 5.48. The lowest BCUT2D eigenvalue weighted by Crippen LogP contribution is -2.16. The van der Waals surface area contributed by atoms with Crippen LogP contribution < -0.4 is 4.74 Å². The molecule has 2 aliphatic carbocycles. The Labute approximate surface area is 90.8 Å². The fourth-order valence-corrected chi connectivity index (χ4v) is 3.09. The first kappa shape index (κ1) is 9.02. The molecule has 1 aromatic carbocycles. The van der Waals surface area contributed by atoms with Crippen LogP contribution >= 0.6 is 0 Å². The van der Waals surface area contributed by atoms with Crippen LogP contribution in [0.25, 0.3) is 0 Å². The highest BCUT2D eigenvalue weighted by Crippen LogP contribution is 2.50. The Bertz CT molecular complexity index is 419. The summed E-state index contributed by atoms with van der Waals surface area (Å²) in [4.78, 5) is 0. The molecule has 0 aliphatic heterocycles. The van der Waals surface area contributed by atoms with E-state index in [2.05, 4.69) is 37.3 Å². The first-order valence-corrected chi connectivity index (χ1v) is 5.66. The third-order valence-corrected chi connectivity index (χ3v) is 3.93. The molecule has 0 spiro atoms. The van der Waals surface area contributed by atoms with E-state index in [0.29, 0.717) is 11.8 Å². The number of benzene rings is 1. The van der Waals surface area contributed by atoms with Crippen LogP contribution in [0.15, 0.2) is 30.4 Å². The summed E-state index contributed by atoms with van der Waals surface area (Å²) >= 11 is 0. The molecular weight excluding hydrogens is 184 g/mol. The summed E-state index contributed by atoms with van der Waals surface area (Å²) in [7, 11) is 1.77. The summed E-state index contributed by atoms with van der Waals surface area (Å²) in [5.74, 6) is 3.03. The lowest BCUT2D eigenvalue weighted by Gasteiger charge is -2.30. The largest absolute Gasteiger partial charge is 0.496 e. The molecular formula is C14H16O. The molecule has 0 heterocycles. The predicted octanol–water partition coefficient (Wildman–Crippen LogP) is 3.47. The minimum absolute atomic E-state index is 0.603. The zero-order valence-electron chi connectivity index (χ0n) is 9.23. The van der Waals surface area contributed by atoms with Gasteiger partial charge in [0.15, 0.2) is 0 Å². The quantitative estimate of drug-likeness (QED) is 0.631. The molecule has 3 unspecified atom stereocenters. The number of ether oxygens (including phenoxy) is 1. The highest BCUT2D eigenvalue weighted by molar-refractivity contribution is 5.50. The van der Waals surface area contributed by atoms with E-state index in [1.165, 1.54) is 17.5 Å². The van der Waals surface area contributed by atoms with Crippen molar-refractivity contribution in [2.75, 3.05) is 7.11 Å². The molecule has 2 aliphatic rings. The minimum Gasteiger partial charge on any atom is -0.496 e. The second-order valence-corrected chi connectivity index (χ2v) is 4.64. The second kappa shape index (κ2) is 3.13. The van der Waals surface area contributed by atoms with Gasteiger partial charge in [0, 0.05) is 11.5 Å². The number of fused-ring (bicyclic) bond motifs is 4. The molecule has 2 bridgehead atoms. The van der Waals surface area contributed by atoms with Crippen LogP contribution in [-0.4, -0.2) is 7.11 Å². The Hall–Kier alpha value is -1.24. The normalized spacial score (nSPS) is 31.5. The first-order chi connectivity index (χ1) is 7.31. The topological polar surface area (TPSA) is 9.23 Å². The van der Waals surface area contributed by atoms with Gasteiger partial charge in [0.05, 0.1) is 7.11 Å². The van der Waals surface area contributed by atoms with E-state index in [4.69, 9.17) is 4.74 Å². The van der Waals surface area contributed by atoms with E-state index in [0.717, 1.165) is 11.7 Å². The molecule has 3 atom stereocenters. The number of hydrogen-bond donors (Lipinski definition) is 0. The van der Waals surface area contributed by atoms with E-state index < -0.39 is 0 Å². The fourth-order valence-electron chi connectivity index (χ4n) is 3.09. The SMILES string of the molecule is COc1cccc2c1C(C)C1C=CC2C1. The number of methoxy groups -OCH3 is 1. The van der Waals surface area contributed by atoms with Gasteiger partial charge in [-0.25, -0.2) is 0 Å². The van der Waals surface area contributed by atoms with Crippen LogP contribution in [0.5, 0.6) is 5.75 Å². The van der Waals surface area contributed by atoms with Crippen molar-refractivity contribution in [1.29, 1.82) is 0 Å². The zero-order chi connectivity index (χ0) is 10.4. The van der Waals surface area contributed by atoms with E-state index >= 15 is 0 Å². The van der Waals surface area contributed by atoms with E-state index in [1.54, 1.807) is 7.11 Å². The molecule has 0 saturated heterocycles. The monoisotopic (exact) mass is 200 g/mol. The molecule has 0 aromatic heterocycles. The molecule has 0 saturated carbocycles. The van der Waals surface area contributed by atoms with Gasteiger partial charge >= 0.3 is 0 Å². The molecule has 1 nitrogen and oxygen atoms in total. The smallest absolute Gasteiger partial charge is 0.122 e. The maximum absolute atomic E-state index is 5.48. The summed E-state index contributed by atoms with van der Waals surface area (Å²) in [6.45, 7) is 2.32. The summed E-state index contributed by atoms with van der Waals surface area (Å²) in [5.41, 5.74) is 2.91. The molecule has 0 N–H and O–H groups in total. The molecule has 78 valence electrons. The van der Waals surface area contributed by atoms with Crippen molar-refractivity contribution < 1.29 is 4.74 Å². The standard InChI is InChI=1S/C14H16O/c1-9-10-6-7-11(8-10)12-4-3-5-13(15-2)14(9)12/h3-7,9-11H,8H2,1-2H3. The maximum atomic E-state index is 5.48. The van der Waals surface area contributed by atoms with Crippen molar-refractivity contribution in [2.24, 2.45) is 5.92 Å². The van der Waals surface area contributed by atoms with Crippen molar-refractivity contribution >= 4 is 0 Å². The molecule has 0 fully saturated rings. The molecule has 0 amide bonds. The predicted molar refractivity (Wildman–Crippen MR) is 61.4 cm³/mol. The van der Waals surface area contributed by atoms with Gasteiger partial charge < -0.3 is 4.74 Å². The van der Waals surface area contributed by atoms with Crippen molar-refractivity contribution in [1.82, 2.24) is 0 Å². The minimum atomic E-state index is 0.603. The Morgan fingerprint density at radius 3 is 2.93 bits per heavy atom. The molecule has 1 heteroatoms. The van der Waals surface area contributed by atoms with Gasteiger partial charge in [-0.1, -0.05) is 31.2 Å². The van der Waals surface area contributed by atoms with E-state index in [9.17, 15) is 0 Å². The zero-order valence-corrected chi connectivity index (χ0v) is 9.23. The third kappa shape index (κ3) is 1.16. The van der Waals surface area contributed by atoms with Gasteiger partial charge in [-0.3, -0.25) is 0 Å². The van der Waals surface area contributed by atoms with Gasteiger partial charge in [-0.15, -0.1) is 0 Å². The highest BCUT2D eigenvalue weighted by atomic mass is 16.5. The molecule has 0 radical (unpaired) electrons. The van der Waals surface area contributed by atoms with Crippen LogP contribution in [0.1, 0.15) is 36.3 Å². The van der Waals surface area contributed by atoms with Gasteiger partial charge in [0.2, 0.25) is 0 Å². The van der Waals surface area contributed by atoms with Gasteiger partial charge in [0.1, 0.15) is 5.75 Å². The first-order valence-electron chi connectivity index (χ1n) is 5.66. The number of rotatable bonds is 1. The average molecular weight is 200 g/mol. The Kier molecular flexibility index (Phi) is 1.88. The molecule has 3 rings (SSSR count). The van der Waals surface area contributed by atoms with Crippen molar-refractivity contribution in [3.8, 4) is 5.75 Å². The Balaban J connectivity index is 2.21. The fraction of sp³-hybridized carbons (Fsp3) is 0.429. The lowest BCUT2D eigenvalue weighted by molar-refractivity contribution is 0.388. The average Bonchev–Trinajstić information content (AvgIpc) is 2.71. The summed E-state index contributed by atoms with van der Waals surface area (Å²) in [6, 6.07) is 6.45. The van der Waals surface area contributed by atoms with Crippen LogP contribution in [0.3, 0.4) is 0 Å². The van der Waals surface area contributed by atoms with Crippen LogP contribution in [-0.2, 0) is 0 Å². The van der Waals surface area contributed by atoms with Gasteiger partial charge in [-0.2, -0.15) is 0 Å². The van der Waals surface area contributed by atoms with Crippen molar-refractivity contribution in [3.05, 3.63) is 41.5 Å². The van der Waals surface area contributed by atoms with Gasteiger partial charge in [0.25, 0.3) is 0 Å². The van der Waals surface area contributed by atoms with Crippen LogP contribution in [0, 0.1) is 5.92 Å². The second-order valence-electron chi connectivity index (χ2n) is 4.64. The number of allylic oxidation sites excluding steroid dienone is 2. The van der Waals surface area contributed by atoms with Gasteiger partial charge in [-0.05, 0) is 29.9 Å². The lowest BCUT2D eigenvalue weighted by atomic mass is 9.75. The van der Waals surface area contributed by atoms with Crippen LogP contribution in [0.4, 0.5) is 0 Å². The molecule has 15 heavy (non-hydrogen) atoms. The van der Waals surface area contributed by atoms with Crippen molar-refractivity contribution in [3.63, 3.8) is 0 Å². The van der Waals surface area contributed by atoms with Crippen LogP contribution in [0.2, 0.25) is 0 Å². The molecule has 1 aromatic rings. The Morgan fingerprint density at radius 1 is 1.27 bits per heavy atom. The summed E-state index contributed by atoms with van der Waals surface area (Å²) in [6.07, 6.45) is 6.04.